The van der Waals surface area contributed by atoms with Crippen LogP contribution in [0.15, 0.2) is 52.5 Å². The molecule has 0 fully saturated rings. The lowest BCUT2D eigenvalue weighted by molar-refractivity contribution is 0.652. The van der Waals surface area contributed by atoms with E-state index in [4.69, 9.17) is 0 Å². The van der Waals surface area contributed by atoms with Crippen molar-refractivity contribution in [2.45, 2.75) is 29.9 Å². The summed E-state index contributed by atoms with van der Waals surface area (Å²) < 4.78 is 0. The van der Waals surface area contributed by atoms with Crippen molar-refractivity contribution < 1.29 is 0 Å². The molecule has 0 bridgehead atoms. The Morgan fingerprint density at radius 1 is 1.14 bits per heavy atom. The highest BCUT2D eigenvalue weighted by Crippen LogP contribution is 2.28. The van der Waals surface area contributed by atoms with Gasteiger partial charge in [-0.3, -0.25) is 0 Å². The fourth-order valence-corrected chi connectivity index (χ4v) is 3.05. The van der Waals surface area contributed by atoms with Gasteiger partial charge in [-0.15, -0.1) is 0 Å². The van der Waals surface area contributed by atoms with Crippen LogP contribution in [0.25, 0.3) is 11.0 Å². The van der Waals surface area contributed by atoms with E-state index < -0.39 is 0 Å². The lowest BCUT2D eigenvalue weighted by Gasteiger charge is -2.10. The predicted octanol–water partition coefficient (Wildman–Crippen LogP) is 4.30. The summed E-state index contributed by atoms with van der Waals surface area (Å²) in [5, 5.41) is 4.18. The van der Waals surface area contributed by atoms with Gasteiger partial charge < -0.3 is 10.3 Å². The van der Waals surface area contributed by atoms with E-state index in [-0.39, 0.29) is 0 Å². The van der Waals surface area contributed by atoms with Crippen LogP contribution in [-0.2, 0) is 0 Å². The molecule has 2 N–H and O–H groups in total. The lowest BCUT2D eigenvalue weighted by atomic mass is 10.1. The van der Waals surface area contributed by atoms with Gasteiger partial charge >= 0.3 is 0 Å². The molecule has 0 amide bonds. The average Bonchev–Trinajstić information content (AvgIpc) is 2.88. The molecule has 1 unspecified atom stereocenters. The Hall–Kier alpha value is -1.78. The van der Waals surface area contributed by atoms with Gasteiger partial charge in [-0.05, 0) is 56.3 Å². The second-order valence-corrected chi connectivity index (χ2v) is 6.31. The number of nitrogens with zero attached hydrogens (tertiary/aromatic N) is 1. The number of H-pyrrole nitrogens is 1. The maximum absolute atomic E-state index is 4.62. The summed E-state index contributed by atoms with van der Waals surface area (Å²) >= 11 is 1.66. The molecule has 0 aliphatic carbocycles. The minimum atomic E-state index is 0.373. The number of hydrogen-bond donors (Lipinski definition) is 2. The third-order valence-electron chi connectivity index (χ3n) is 3.64. The normalized spacial score (nSPS) is 12.7. The Labute approximate surface area is 129 Å². The van der Waals surface area contributed by atoms with E-state index in [1.165, 1.54) is 16.0 Å². The number of fused-ring (bicyclic) bond motifs is 1. The molecular weight excluding hydrogens is 278 g/mol. The summed E-state index contributed by atoms with van der Waals surface area (Å²) in [7, 11) is 1.98. The number of benzene rings is 2. The zero-order valence-corrected chi connectivity index (χ0v) is 13.3. The second-order valence-electron chi connectivity index (χ2n) is 5.24. The molecule has 0 saturated heterocycles. The molecule has 3 nitrogen and oxygen atoms in total. The first-order chi connectivity index (χ1) is 10.2. The van der Waals surface area contributed by atoms with Crippen LogP contribution in [0, 0.1) is 6.92 Å². The van der Waals surface area contributed by atoms with Crippen molar-refractivity contribution in [1.29, 1.82) is 0 Å². The number of nitrogens with one attached hydrogen (secondary N) is 2. The van der Waals surface area contributed by atoms with E-state index in [9.17, 15) is 0 Å². The first kappa shape index (κ1) is 14.2. The molecule has 1 aromatic heterocycles. The summed E-state index contributed by atoms with van der Waals surface area (Å²) in [6.07, 6.45) is 0. The van der Waals surface area contributed by atoms with Gasteiger partial charge in [0.1, 0.15) is 0 Å². The number of rotatable bonds is 4. The Balaban J connectivity index is 1.81. The number of hydrogen-bond acceptors (Lipinski definition) is 3. The third-order valence-corrected chi connectivity index (χ3v) is 4.54. The van der Waals surface area contributed by atoms with Crippen molar-refractivity contribution in [1.82, 2.24) is 15.3 Å². The minimum absolute atomic E-state index is 0.373. The van der Waals surface area contributed by atoms with Gasteiger partial charge in [-0.25, -0.2) is 4.98 Å². The van der Waals surface area contributed by atoms with Crippen LogP contribution >= 0.6 is 11.8 Å². The van der Waals surface area contributed by atoms with Crippen LogP contribution < -0.4 is 5.32 Å². The highest BCUT2D eigenvalue weighted by Gasteiger charge is 2.06. The van der Waals surface area contributed by atoms with E-state index in [1.807, 2.05) is 7.05 Å². The monoisotopic (exact) mass is 297 g/mol. The van der Waals surface area contributed by atoms with Crippen molar-refractivity contribution in [3.05, 3.63) is 53.6 Å². The van der Waals surface area contributed by atoms with E-state index in [0.717, 1.165) is 16.2 Å². The molecule has 1 atom stereocenters. The van der Waals surface area contributed by atoms with Crippen molar-refractivity contribution >= 4 is 22.8 Å². The first-order valence-electron chi connectivity index (χ1n) is 7.07. The summed E-state index contributed by atoms with van der Waals surface area (Å²) in [5.74, 6) is 0. The van der Waals surface area contributed by atoms with Gasteiger partial charge in [0.15, 0.2) is 5.16 Å². The van der Waals surface area contributed by atoms with Crippen molar-refractivity contribution in [2.75, 3.05) is 7.05 Å². The summed E-state index contributed by atoms with van der Waals surface area (Å²) in [6.45, 7) is 4.25. The molecule has 108 valence electrons. The minimum Gasteiger partial charge on any atom is -0.333 e. The molecular formula is C17H19N3S. The quantitative estimate of drug-likeness (QED) is 0.754. The zero-order valence-electron chi connectivity index (χ0n) is 12.5. The van der Waals surface area contributed by atoms with E-state index in [0.29, 0.717) is 6.04 Å². The smallest absolute Gasteiger partial charge is 0.171 e. The molecule has 0 radical (unpaired) electrons. The van der Waals surface area contributed by atoms with Crippen molar-refractivity contribution in [2.24, 2.45) is 0 Å². The standard InChI is InChI=1S/C17H19N3S/c1-11-4-9-15-16(10-11)20-17(19-15)21-14-7-5-13(6-8-14)12(2)18-3/h4-10,12,18H,1-3H3,(H,19,20). The predicted molar refractivity (Wildman–Crippen MR) is 88.9 cm³/mol. The molecule has 0 aliphatic heterocycles. The Kier molecular flexibility index (Phi) is 3.99. The Morgan fingerprint density at radius 2 is 1.90 bits per heavy atom. The molecule has 3 aromatic rings. The highest BCUT2D eigenvalue weighted by molar-refractivity contribution is 7.99. The van der Waals surface area contributed by atoms with Crippen LogP contribution in [-0.4, -0.2) is 17.0 Å². The van der Waals surface area contributed by atoms with E-state index in [1.54, 1.807) is 11.8 Å². The summed E-state index contributed by atoms with van der Waals surface area (Å²) in [6, 6.07) is 15.3. The first-order valence-corrected chi connectivity index (χ1v) is 7.89. The fraction of sp³-hybridized carbons (Fsp3) is 0.235. The molecule has 0 spiro atoms. The number of imidazole rings is 1. The van der Waals surface area contributed by atoms with Crippen LogP contribution in [0.5, 0.6) is 0 Å². The summed E-state index contributed by atoms with van der Waals surface area (Å²) in [4.78, 5) is 9.18. The van der Waals surface area contributed by atoms with Gasteiger partial charge in [0.05, 0.1) is 11.0 Å². The topological polar surface area (TPSA) is 40.7 Å². The second kappa shape index (κ2) is 5.92. The fourth-order valence-electron chi connectivity index (χ4n) is 2.25. The molecule has 3 rings (SSSR count). The molecule has 0 saturated carbocycles. The largest absolute Gasteiger partial charge is 0.333 e. The van der Waals surface area contributed by atoms with E-state index >= 15 is 0 Å². The van der Waals surface area contributed by atoms with Crippen molar-refractivity contribution in [3.8, 4) is 0 Å². The van der Waals surface area contributed by atoms with E-state index in [2.05, 4.69) is 71.6 Å². The molecule has 4 heteroatoms. The van der Waals surface area contributed by atoms with Gasteiger partial charge in [-0.2, -0.15) is 0 Å². The summed E-state index contributed by atoms with van der Waals surface area (Å²) in [5.41, 5.74) is 4.65. The molecule has 2 aromatic carbocycles. The number of aromatic nitrogens is 2. The van der Waals surface area contributed by atoms with Crippen LogP contribution in [0.4, 0.5) is 0 Å². The lowest BCUT2D eigenvalue weighted by Crippen LogP contribution is -2.11. The zero-order chi connectivity index (χ0) is 14.8. The molecule has 0 aliphatic rings. The average molecular weight is 297 g/mol. The Morgan fingerprint density at radius 3 is 2.62 bits per heavy atom. The molecule has 21 heavy (non-hydrogen) atoms. The highest BCUT2D eigenvalue weighted by atomic mass is 32.2. The van der Waals surface area contributed by atoms with Gasteiger partial charge in [0.2, 0.25) is 0 Å². The van der Waals surface area contributed by atoms with Crippen LogP contribution in [0.3, 0.4) is 0 Å². The number of aryl methyl sites for hydroxylation is 1. The SMILES string of the molecule is CNC(C)c1ccc(Sc2nc3ccc(C)cc3[nH]2)cc1. The van der Waals surface area contributed by atoms with Crippen LogP contribution in [0.1, 0.15) is 24.1 Å². The maximum Gasteiger partial charge on any atom is 0.171 e. The van der Waals surface area contributed by atoms with Gasteiger partial charge in [0.25, 0.3) is 0 Å². The van der Waals surface area contributed by atoms with Gasteiger partial charge in [-0.1, -0.05) is 30.0 Å². The maximum atomic E-state index is 4.62. The third kappa shape index (κ3) is 3.12. The number of aromatic amines is 1. The van der Waals surface area contributed by atoms with Crippen LogP contribution in [0.2, 0.25) is 0 Å². The van der Waals surface area contributed by atoms with Gasteiger partial charge in [0, 0.05) is 10.9 Å². The molecule has 1 heterocycles. The Bertz CT molecular complexity index is 746. The van der Waals surface area contributed by atoms with Crippen molar-refractivity contribution in [3.63, 3.8) is 0 Å².